The topological polar surface area (TPSA) is 13.7 Å². The van der Waals surface area contributed by atoms with Gasteiger partial charge in [-0.15, -0.1) is 0 Å². The first-order valence-electron chi connectivity index (χ1n) is 6.74. The van der Waals surface area contributed by atoms with Gasteiger partial charge in [0.1, 0.15) is 12.3 Å². The second-order valence-corrected chi connectivity index (χ2v) is 6.65. The molecule has 1 fully saturated rings. The highest BCUT2D eigenvalue weighted by atomic mass is 79.9. The van der Waals surface area contributed by atoms with E-state index in [1.807, 2.05) is 6.07 Å². The summed E-state index contributed by atoms with van der Waals surface area (Å²) in [7, 11) is 1.75. The van der Waals surface area contributed by atoms with E-state index < -0.39 is 0 Å². The maximum absolute atomic E-state index is 5.46. The van der Waals surface area contributed by atoms with Crippen molar-refractivity contribution < 1.29 is 9.64 Å². The van der Waals surface area contributed by atoms with Crippen molar-refractivity contribution in [1.82, 2.24) is 0 Å². The van der Waals surface area contributed by atoms with Crippen molar-refractivity contribution in [3.8, 4) is 5.75 Å². The summed E-state index contributed by atoms with van der Waals surface area (Å²) in [6.07, 6.45) is 1.37. The fraction of sp³-hybridized carbons (Fsp3) is 0.600. The zero-order valence-corrected chi connectivity index (χ0v) is 13.1. The number of piperidine rings is 1. The normalized spacial score (nSPS) is 28.1. The van der Waals surface area contributed by atoms with Gasteiger partial charge < -0.3 is 9.64 Å². The number of rotatable bonds is 3. The Kier molecular flexibility index (Phi) is 4.68. The molecule has 0 spiro atoms. The number of ether oxygens (including phenoxy) is 1. The monoisotopic (exact) mass is 312 g/mol. The van der Waals surface area contributed by atoms with Gasteiger partial charge in [-0.25, -0.2) is 0 Å². The van der Waals surface area contributed by atoms with E-state index >= 15 is 0 Å². The zero-order valence-electron chi connectivity index (χ0n) is 11.5. The molecule has 18 heavy (non-hydrogen) atoms. The number of hydrogen-bond acceptors (Lipinski definition) is 1. The highest BCUT2D eigenvalue weighted by Crippen LogP contribution is 2.22. The van der Waals surface area contributed by atoms with Crippen LogP contribution in [0.4, 0.5) is 0 Å². The molecular formula is C15H23BrNO+. The molecule has 0 bridgehead atoms. The van der Waals surface area contributed by atoms with Gasteiger partial charge in [-0.1, -0.05) is 29.8 Å². The molecule has 0 aromatic heterocycles. The molecule has 2 rings (SSSR count). The van der Waals surface area contributed by atoms with Crippen LogP contribution in [0.5, 0.6) is 5.75 Å². The minimum Gasteiger partial charge on any atom is -0.496 e. The first-order valence-corrected chi connectivity index (χ1v) is 7.53. The number of quaternary nitrogens is 1. The van der Waals surface area contributed by atoms with E-state index in [-0.39, 0.29) is 0 Å². The average molecular weight is 313 g/mol. The lowest BCUT2D eigenvalue weighted by Crippen LogP contribution is -3.13. The Balaban J connectivity index is 2.10. The Bertz CT molecular complexity index is 397. The fourth-order valence-corrected chi connectivity index (χ4v) is 3.63. The highest BCUT2D eigenvalue weighted by molar-refractivity contribution is 9.10. The minimum absolute atomic E-state index is 0.835. The fourth-order valence-electron chi connectivity index (χ4n) is 3.22. The zero-order chi connectivity index (χ0) is 13.1. The number of likely N-dealkylation sites (tertiary alicyclic amines) is 1. The summed E-state index contributed by atoms with van der Waals surface area (Å²) in [5.41, 5.74) is 1.31. The van der Waals surface area contributed by atoms with Crippen molar-refractivity contribution in [2.24, 2.45) is 11.8 Å². The SMILES string of the molecule is COc1ccc(Br)cc1C[NH+]1C[C@H](C)C[C@@H](C)C1. The molecule has 1 aliphatic heterocycles. The molecule has 3 heteroatoms. The number of methoxy groups -OCH3 is 1. The molecule has 100 valence electrons. The van der Waals surface area contributed by atoms with Gasteiger partial charge in [0.25, 0.3) is 0 Å². The molecule has 2 nitrogen and oxygen atoms in total. The average Bonchev–Trinajstić information content (AvgIpc) is 2.27. The Hall–Kier alpha value is -0.540. The third kappa shape index (κ3) is 3.48. The lowest BCUT2D eigenvalue weighted by atomic mass is 9.91. The number of hydrogen-bond donors (Lipinski definition) is 1. The van der Waals surface area contributed by atoms with E-state index in [1.54, 1.807) is 12.0 Å². The van der Waals surface area contributed by atoms with Crippen LogP contribution in [-0.2, 0) is 6.54 Å². The molecule has 0 radical (unpaired) electrons. The molecule has 0 saturated carbocycles. The standard InChI is InChI=1S/C15H22BrNO/c1-11-6-12(2)9-17(8-11)10-13-7-14(16)4-5-15(13)18-3/h4-5,7,11-12H,6,8-10H2,1-3H3/p+1/t11-,12-/m1/s1. The van der Waals surface area contributed by atoms with E-state index in [2.05, 4.69) is 41.9 Å². The van der Waals surface area contributed by atoms with E-state index in [0.717, 1.165) is 28.6 Å². The van der Waals surface area contributed by atoms with Crippen molar-refractivity contribution in [3.05, 3.63) is 28.2 Å². The Morgan fingerprint density at radius 3 is 2.56 bits per heavy atom. The summed E-state index contributed by atoms with van der Waals surface area (Å²) in [6, 6.07) is 6.28. The van der Waals surface area contributed by atoms with Crippen molar-refractivity contribution in [2.45, 2.75) is 26.8 Å². The molecule has 2 atom stereocenters. The highest BCUT2D eigenvalue weighted by Gasteiger charge is 2.25. The third-order valence-corrected chi connectivity index (χ3v) is 4.26. The Morgan fingerprint density at radius 2 is 1.94 bits per heavy atom. The van der Waals surface area contributed by atoms with Crippen LogP contribution >= 0.6 is 15.9 Å². The van der Waals surface area contributed by atoms with Gasteiger partial charge >= 0.3 is 0 Å². The van der Waals surface area contributed by atoms with E-state index in [1.165, 1.54) is 25.1 Å². The third-order valence-electron chi connectivity index (χ3n) is 3.76. The molecule has 1 saturated heterocycles. The van der Waals surface area contributed by atoms with E-state index in [0.29, 0.717) is 0 Å². The van der Waals surface area contributed by atoms with Gasteiger partial charge in [0.15, 0.2) is 0 Å². The number of halogens is 1. The van der Waals surface area contributed by atoms with Gasteiger partial charge in [0.2, 0.25) is 0 Å². The second kappa shape index (κ2) is 6.07. The van der Waals surface area contributed by atoms with Gasteiger partial charge in [0, 0.05) is 21.9 Å². The largest absolute Gasteiger partial charge is 0.496 e. The van der Waals surface area contributed by atoms with Crippen LogP contribution in [0.25, 0.3) is 0 Å². The van der Waals surface area contributed by atoms with Crippen LogP contribution < -0.4 is 9.64 Å². The molecule has 0 unspecified atom stereocenters. The van der Waals surface area contributed by atoms with Crippen LogP contribution in [0, 0.1) is 11.8 Å². The molecule has 0 amide bonds. The summed E-state index contributed by atoms with van der Waals surface area (Å²) in [5.74, 6) is 2.68. The molecular weight excluding hydrogens is 290 g/mol. The molecule has 1 aromatic carbocycles. The first-order chi connectivity index (χ1) is 8.58. The van der Waals surface area contributed by atoms with Gasteiger partial charge in [-0.2, -0.15) is 0 Å². The second-order valence-electron chi connectivity index (χ2n) is 5.74. The maximum atomic E-state index is 5.46. The predicted octanol–water partition coefficient (Wildman–Crippen LogP) is 2.52. The molecule has 0 aliphatic carbocycles. The minimum atomic E-state index is 0.835. The van der Waals surface area contributed by atoms with Gasteiger partial charge in [-0.05, 0) is 24.6 Å². The Morgan fingerprint density at radius 1 is 1.28 bits per heavy atom. The molecule has 1 aromatic rings. The van der Waals surface area contributed by atoms with Crippen LogP contribution in [-0.4, -0.2) is 20.2 Å². The smallest absolute Gasteiger partial charge is 0.127 e. The number of benzene rings is 1. The lowest BCUT2D eigenvalue weighted by Gasteiger charge is -2.32. The quantitative estimate of drug-likeness (QED) is 0.905. The molecule has 1 heterocycles. The number of nitrogens with one attached hydrogen (secondary N) is 1. The van der Waals surface area contributed by atoms with E-state index in [9.17, 15) is 0 Å². The van der Waals surface area contributed by atoms with Crippen molar-refractivity contribution in [3.63, 3.8) is 0 Å². The van der Waals surface area contributed by atoms with Crippen LogP contribution in [0.1, 0.15) is 25.8 Å². The van der Waals surface area contributed by atoms with Crippen molar-refractivity contribution in [1.29, 1.82) is 0 Å². The summed E-state index contributed by atoms with van der Waals surface area (Å²) in [4.78, 5) is 1.68. The Labute approximate surface area is 118 Å². The lowest BCUT2D eigenvalue weighted by molar-refractivity contribution is -0.925. The molecule has 1 aliphatic rings. The van der Waals surface area contributed by atoms with Gasteiger partial charge in [-0.3, -0.25) is 0 Å². The van der Waals surface area contributed by atoms with Crippen molar-refractivity contribution in [2.75, 3.05) is 20.2 Å². The van der Waals surface area contributed by atoms with Gasteiger partial charge in [0.05, 0.1) is 20.2 Å². The summed E-state index contributed by atoms with van der Waals surface area (Å²) in [5, 5.41) is 0. The van der Waals surface area contributed by atoms with Crippen LogP contribution in [0.15, 0.2) is 22.7 Å². The van der Waals surface area contributed by atoms with Crippen LogP contribution in [0.2, 0.25) is 0 Å². The summed E-state index contributed by atoms with van der Waals surface area (Å²) >= 11 is 3.55. The van der Waals surface area contributed by atoms with Crippen LogP contribution in [0.3, 0.4) is 0 Å². The summed E-state index contributed by atoms with van der Waals surface area (Å²) in [6.45, 7) is 8.36. The van der Waals surface area contributed by atoms with Crippen molar-refractivity contribution >= 4 is 15.9 Å². The van der Waals surface area contributed by atoms with E-state index in [4.69, 9.17) is 4.74 Å². The predicted molar refractivity (Wildman–Crippen MR) is 78.0 cm³/mol. The maximum Gasteiger partial charge on any atom is 0.127 e. The summed E-state index contributed by atoms with van der Waals surface area (Å²) < 4.78 is 6.60. The molecule has 1 N–H and O–H groups in total. The first kappa shape index (κ1) is 13.9.